The van der Waals surface area contributed by atoms with Gasteiger partial charge in [-0.15, -0.1) is 0 Å². The number of carbonyl (C=O) groups is 3. The van der Waals surface area contributed by atoms with Crippen LogP contribution in [0, 0.1) is 28.6 Å². The molecule has 0 aromatic heterocycles. The molecule has 3 fully saturated rings. The van der Waals surface area contributed by atoms with Crippen LogP contribution in [-0.2, 0) is 19.1 Å². The van der Waals surface area contributed by atoms with Gasteiger partial charge in [-0.25, -0.2) is 0 Å². The van der Waals surface area contributed by atoms with E-state index in [2.05, 4.69) is 20.8 Å². The molecule has 32 heavy (non-hydrogen) atoms. The number of carbonyl (C=O) groups excluding carboxylic acids is 3. The topological polar surface area (TPSA) is 60.4 Å². The first-order valence-electron chi connectivity index (χ1n) is 13.1. The Morgan fingerprint density at radius 1 is 1.00 bits per heavy atom. The highest BCUT2D eigenvalue weighted by molar-refractivity contribution is 5.91. The van der Waals surface area contributed by atoms with Gasteiger partial charge in [-0.2, -0.15) is 0 Å². The van der Waals surface area contributed by atoms with E-state index < -0.39 is 5.60 Å². The molecule has 0 spiro atoms. The first-order valence-corrected chi connectivity index (χ1v) is 13.1. The maximum atomic E-state index is 13.1. The third kappa shape index (κ3) is 3.60. The Morgan fingerprint density at radius 2 is 1.75 bits per heavy atom. The molecule has 0 unspecified atom stereocenters. The second-order valence-electron chi connectivity index (χ2n) is 11.6. The predicted molar refractivity (Wildman–Crippen MR) is 125 cm³/mol. The highest BCUT2D eigenvalue weighted by Crippen LogP contribution is 2.68. The van der Waals surface area contributed by atoms with Gasteiger partial charge in [0.1, 0.15) is 0 Å². The molecular formula is C28H42O4. The fourth-order valence-corrected chi connectivity index (χ4v) is 8.32. The van der Waals surface area contributed by atoms with Crippen molar-refractivity contribution in [2.24, 2.45) is 28.6 Å². The van der Waals surface area contributed by atoms with Crippen molar-refractivity contribution in [2.45, 2.75) is 117 Å². The monoisotopic (exact) mass is 442 g/mol. The van der Waals surface area contributed by atoms with Crippen LogP contribution in [0.5, 0.6) is 0 Å². The van der Waals surface area contributed by atoms with Crippen LogP contribution in [0.15, 0.2) is 11.6 Å². The van der Waals surface area contributed by atoms with Crippen LogP contribution in [0.2, 0.25) is 0 Å². The minimum atomic E-state index is -0.954. The number of fused-ring (bicyclic) bond motifs is 5. The van der Waals surface area contributed by atoms with Gasteiger partial charge in [-0.3, -0.25) is 14.4 Å². The quantitative estimate of drug-likeness (QED) is 0.340. The number of Topliss-reactive ketones (excluding diaryl/α,β-unsaturated/α-hetero) is 1. The van der Waals surface area contributed by atoms with Crippen molar-refractivity contribution in [2.75, 3.05) is 0 Å². The van der Waals surface area contributed by atoms with E-state index in [1.165, 1.54) is 5.57 Å². The van der Waals surface area contributed by atoms with Crippen LogP contribution in [0.3, 0.4) is 0 Å². The lowest BCUT2D eigenvalue weighted by molar-refractivity contribution is -0.189. The molecule has 0 amide bonds. The summed E-state index contributed by atoms with van der Waals surface area (Å²) in [7, 11) is 0. The maximum Gasteiger partial charge on any atom is 0.306 e. The van der Waals surface area contributed by atoms with Gasteiger partial charge in [0.2, 0.25) is 0 Å². The van der Waals surface area contributed by atoms with Crippen molar-refractivity contribution in [1.29, 1.82) is 0 Å². The van der Waals surface area contributed by atoms with Crippen molar-refractivity contribution in [1.82, 2.24) is 0 Å². The summed E-state index contributed by atoms with van der Waals surface area (Å²) in [5, 5.41) is 0. The summed E-state index contributed by atoms with van der Waals surface area (Å²) in [4.78, 5) is 38.0. The van der Waals surface area contributed by atoms with Crippen LogP contribution < -0.4 is 0 Å². The summed E-state index contributed by atoms with van der Waals surface area (Å²) in [6, 6.07) is 0. The smallest absolute Gasteiger partial charge is 0.306 e. The molecule has 4 heteroatoms. The number of unbranched alkanes of at least 4 members (excludes halogenated alkanes) is 3. The molecular weight excluding hydrogens is 400 g/mol. The van der Waals surface area contributed by atoms with Gasteiger partial charge in [0.05, 0.1) is 0 Å². The Labute approximate surface area is 193 Å². The van der Waals surface area contributed by atoms with E-state index in [0.717, 1.165) is 64.2 Å². The Bertz CT molecular complexity index is 812. The van der Waals surface area contributed by atoms with Crippen LogP contribution in [0.1, 0.15) is 111 Å². The number of rotatable bonds is 7. The fourth-order valence-electron chi connectivity index (χ4n) is 8.32. The second kappa shape index (κ2) is 8.72. The molecule has 0 bridgehead atoms. The van der Waals surface area contributed by atoms with Crippen LogP contribution in [0.25, 0.3) is 0 Å². The minimum absolute atomic E-state index is 0.0359. The van der Waals surface area contributed by atoms with Crippen molar-refractivity contribution in [3.8, 4) is 0 Å². The van der Waals surface area contributed by atoms with E-state index in [-0.39, 0.29) is 22.6 Å². The fraction of sp³-hybridized carbons (Fsp3) is 0.821. The number of ketones is 2. The molecule has 0 radical (unpaired) electrons. The first kappa shape index (κ1) is 23.7. The molecule has 178 valence electrons. The zero-order valence-electron chi connectivity index (χ0n) is 20.6. The van der Waals surface area contributed by atoms with Gasteiger partial charge in [0.15, 0.2) is 17.2 Å². The van der Waals surface area contributed by atoms with Gasteiger partial charge >= 0.3 is 5.97 Å². The Morgan fingerprint density at radius 3 is 2.47 bits per heavy atom. The Hall–Kier alpha value is -1.45. The number of hydrogen-bond acceptors (Lipinski definition) is 4. The highest BCUT2D eigenvalue weighted by Gasteiger charge is 2.67. The summed E-state index contributed by atoms with van der Waals surface area (Å²) in [5.41, 5.74) is 0.258. The van der Waals surface area contributed by atoms with E-state index in [9.17, 15) is 14.4 Å². The molecule has 0 aromatic carbocycles. The van der Waals surface area contributed by atoms with Crippen LogP contribution in [-0.4, -0.2) is 23.1 Å². The van der Waals surface area contributed by atoms with E-state index in [1.54, 1.807) is 6.92 Å². The molecule has 0 saturated heterocycles. The summed E-state index contributed by atoms with van der Waals surface area (Å²) in [6.45, 7) is 8.42. The SMILES string of the molecule is CCCCCCC(=O)O[C@@]1(C(C)=O)CC[C@@H]2[C@H]3CCC4=CC(=O)CC[C@@]4(C)[C@@H]3CC[C@@]21C. The lowest BCUT2D eigenvalue weighted by atomic mass is 9.46. The molecule has 0 aliphatic heterocycles. The average Bonchev–Trinajstić information content (AvgIpc) is 3.05. The van der Waals surface area contributed by atoms with Gasteiger partial charge in [0.25, 0.3) is 0 Å². The molecule has 0 aromatic rings. The lowest BCUT2D eigenvalue weighted by Crippen LogP contribution is -2.58. The van der Waals surface area contributed by atoms with Crippen LogP contribution in [0.4, 0.5) is 0 Å². The van der Waals surface area contributed by atoms with Crippen molar-refractivity contribution in [3.63, 3.8) is 0 Å². The Balaban J connectivity index is 1.56. The lowest BCUT2D eigenvalue weighted by Gasteiger charge is -2.59. The van der Waals surface area contributed by atoms with Crippen LogP contribution >= 0.6 is 0 Å². The van der Waals surface area contributed by atoms with Gasteiger partial charge < -0.3 is 4.74 Å². The standard InChI is InChI=1S/C28H42O4/c1-5-6-7-8-9-25(31)32-28(19(2)29)17-14-24-22-11-10-20-18-21(30)12-15-26(20,3)23(22)13-16-27(24,28)4/h18,22-24H,5-17H2,1-4H3/t22-,23+,24+,26+,27-,28+/m0/s1. The molecule has 0 N–H and O–H groups in total. The summed E-state index contributed by atoms with van der Waals surface area (Å²) < 4.78 is 6.19. The number of esters is 1. The molecule has 3 saturated carbocycles. The van der Waals surface area contributed by atoms with Gasteiger partial charge in [0, 0.05) is 18.3 Å². The van der Waals surface area contributed by atoms with E-state index in [4.69, 9.17) is 4.74 Å². The normalized spacial score (nSPS) is 40.7. The summed E-state index contributed by atoms with van der Waals surface area (Å²) in [5.74, 6) is 1.67. The van der Waals surface area contributed by atoms with Gasteiger partial charge in [-0.1, -0.05) is 45.6 Å². The number of hydrogen-bond donors (Lipinski definition) is 0. The maximum absolute atomic E-state index is 13.1. The zero-order chi connectivity index (χ0) is 23.1. The van der Waals surface area contributed by atoms with E-state index in [1.807, 2.05) is 6.08 Å². The average molecular weight is 443 g/mol. The molecule has 4 aliphatic carbocycles. The number of allylic oxidation sites excluding steroid dienone is 1. The predicted octanol–water partition coefficient (Wildman–Crippen LogP) is 6.36. The highest BCUT2D eigenvalue weighted by atomic mass is 16.6. The summed E-state index contributed by atoms with van der Waals surface area (Å²) >= 11 is 0. The van der Waals surface area contributed by atoms with Crippen molar-refractivity contribution < 1.29 is 19.1 Å². The number of ether oxygens (including phenoxy) is 1. The largest absolute Gasteiger partial charge is 0.450 e. The molecule has 4 nitrogen and oxygen atoms in total. The second-order valence-corrected chi connectivity index (χ2v) is 11.6. The summed E-state index contributed by atoms with van der Waals surface area (Å²) in [6.07, 6.45) is 13.9. The van der Waals surface area contributed by atoms with Crippen molar-refractivity contribution >= 4 is 17.5 Å². The van der Waals surface area contributed by atoms with Crippen molar-refractivity contribution in [3.05, 3.63) is 11.6 Å². The van der Waals surface area contributed by atoms with E-state index in [0.29, 0.717) is 42.8 Å². The minimum Gasteiger partial charge on any atom is -0.450 e. The molecule has 4 aliphatic rings. The molecule has 0 heterocycles. The third-order valence-electron chi connectivity index (χ3n) is 10.2. The molecule has 6 atom stereocenters. The molecule has 4 rings (SSSR count). The van der Waals surface area contributed by atoms with Gasteiger partial charge in [-0.05, 0) is 87.5 Å². The first-order chi connectivity index (χ1) is 15.2. The zero-order valence-corrected chi connectivity index (χ0v) is 20.6. The third-order valence-corrected chi connectivity index (χ3v) is 10.2. The van der Waals surface area contributed by atoms with E-state index >= 15 is 0 Å². The Kier molecular flexibility index (Phi) is 6.46.